The van der Waals surface area contributed by atoms with E-state index in [9.17, 15) is 4.79 Å². The lowest BCUT2D eigenvalue weighted by molar-refractivity contribution is -0.127. The monoisotopic (exact) mass is 318 g/mol. The van der Waals surface area contributed by atoms with Gasteiger partial charge < -0.3 is 15.4 Å². The Balaban J connectivity index is 2.02. The summed E-state index contributed by atoms with van der Waals surface area (Å²) in [6.07, 6.45) is 2.65. The molecule has 23 heavy (non-hydrogen) atoms. The van der Waals surface area contributed by atoms with Crippen LogP contribution in [0.4, 0.5) is 0 Å². The Kier molecular flexibility index (Phi) is 6.46. The Bertz CT molecular complexity index is 516. The fraction of sp³-hybridized carbons (Fsp3) is 0.632. The lowest BCUT2D eigenvalue weighted by Crippen LogP contribution is -2.47. The molecule has 1 heterocycles. The molecule has 1 aromatic carbocycles. The highest BCUT2D eigenvalue weighted by Crippen LogP contribution is 2.22. The summed E-state index contributed by atoms with van der Waals surface area (Å²) in [6.45, 7) is 7.39. The number of piperidine rings is 1. The van der Waals surface area contributed by atoms with Gasteiger partial charge in [-0.15, -0.1) is 0 Å². The first-order chi connectivity index (χ1) is 11.0. The van der Waals surface area contributed by atoms with E-state index in [1.165, 1.54) is 0 Å². The van der Waals surface area contributed by atoms with Gasteiger partial charge in [0.05, 0.1) is 7.11 Å². The summed E-state index contributed by atoms with van der Waals surface area (Å²) in [7, 11) is 1.69. The number of carbonyl (C=O) groups is 1. The van der Waals surface area contributed by atoms with E-state index in [4.69, 9.17) is 4.74 Å². The normalized spacial score (nSPS) is 22.7. The number of benzene rings is 1. The SMILES string of the molecule is COc1ccccc1CC(NC(=O)[C@H]1CCN[C@@H](C)C1)C(C)C. The zero-order valence-corrected chi connectivity index (χ0v) is 14.8. The molecule has 128 valence electrons. The van der Waals surface area contributed by atoms with Crippen molar-refractivity contribution in [2.45, 2.75) is 52.1 Å². The third kappa shape index (κ3) is 4.96. The minimum atomic E-state index is 0.129. The predicted molar refractivity (Wildman–Crippen MR) is 93.7 cm³/mol. The summed E-state index contributed by atoms with van der Waals surface area (Å²) in [6, 6.07) is 8.60. The van der Waals surface area contributed by atoms with E-state index in [1.54, 1.807) is 7.11 Å². The van der Waals surface area contributed by atoms with Gasteiger partial charge >= 0.3 is 0 Å². The van der Waals surface area contributed by atoms with Gasteiger partial charge in [0.1, 0.15) is 5.75 Å². The highest BCUT2D eigenvalue weighted by Gasteiger charge is 2.27. The van der Waals surface area contributed by atoms with E-state index in [-0.39, 0.29) is 17.9 Å². The Morgan fingerprint density at radius 2 is 2.13 bits per heavy atom. The largest absolute Gasteiger partial charge is 0.496 e. The third-order valence-corrected chi connectivity index (χ3v) is 4.76. The van der Waals surface area contributed by atoms with Gasteiger partial charge in [-0.25, -0.2) is 0 Å². The maximum atomic E-state index is 12.6. The fourth-order valence-corrected chi connectivity index (χ4v) is 3.23. The maximum Gasteiger partial charge on any atom is 0.223 e. The van der Waals surface area contributed by atoms with Crippen molar-refractivity contribution < 1.29 is 9.53 Å². The second kappa shape index (κ2) is 8.34. The number of nitrogens with one attached hydrogen (secondary N) is 2. The molecular weight excluding hydrogens is 288 g/mol. The lowest BCUT2D eigenvalue weighted by atomic mass is 9.90. The number of hydrogen-bond donors (Lipinski definition) is 2. The average molecular weight is 318 g/mol. The van der Waals surface area contributed by atoms with Crippen molar-refractivity contribution in [3.05, 3.63) is 29.8 Å². The second-order valence-corrected chi connectivity index (χ2v) is 6.95. The Morgan fingerprint density at radius 3 is 2.78 bits per heavy atom. The van der Waals surface area contributed by atoms with Crippen LogP contribution in [0.25, 0.3) is 0 Å². The van der Waals surface area contributed by atoms with Crippen molar-refractivity contribution in [2.24, 2.45) is 11.8 Å². The van der Waals surface area contributed by atoms with Crippen LogP contribution in [0.2, 0.25) is 0 Å². The summed E-state index contributed by atoms with van der Waals surface area (Å²) in [5, 5.41) is 6.69. The minimum Gasteiger partial charge on any atom is -0.496 e. The molecule has 4 heteroatoms. The first-order valence-corrected chi connectivity index (χ1v) is 8.67. The predicted octanol–water partition coefficient (Wildman–Crippen LogP) is 2.77. The lowest BCUT2D eigenvalue weighted by Gasteiger charge is -2.30. The van der Waals surface area contributed by atoms with Gasteiger partial charge in [-0.05, 0) is 50.3 Å². The van der Waals surface area contributed by atoms with E-state index < -0.39 is 0 Å². The Labute approximate surface area is 140 Å². The van der Waals surface area contributed by atoms with Gasteiger partial charge in [0.15, 0.2) is 0 Å². The summed E-state index contributed by atoms with van der Waals surface area (Å²) in [5.74, 6) is 1.60. The van der Waals surface area contributed by atoms with Gasteiger partial charge in [0, 0.05) is 18.0 Å². The van der Waals surface area contributed by atoms with E-state index in [0.29, 0.717) is 12.0 Å². The first-order valence-electron chi connectivity index (χ1n) is 8.67. The quantitative estimate of drug-likeness (QED) is 0.848. The number of carbonyl (C=O) groups excluding carboxylic acids is 1. The molecule has 1 fully saturated rings. The molecule has 1 unspecified atom stereocenters. The number of para-hydroxylation sites is 1. The average Bonchev–Trinajstić information content (AvgIpc) is 2.54. The van der Waals surface area contributed by atoms with Gasteiger partial charge in [0.25, 0.3) is 0 Å². The van der Waals surface area contributed by atoms with Crippen molar-refractivity contribution >= 4 is 5.91 Å². The number of ether oxygens (including phenoxy) is 1. The molecule has 1 saturated heterocycles. The Hall–Kier alpha value is -1.55. The molecule has 1 aromatic rings. The van der Waals surface area contributed by atoms with Gasteiger partial charge in [0.2, 0.25) is 5.91 Å². The van der Waals surface area contributed by atoms with Crippen LogP contribution in [0.15, 0.2) is 24.3 Å². The number of hydrogen-bond acceptors (Lipinski definition) is 3. The van der Waals surface area contributed by atoms with Crippen molar-refractivity contribution in [3.8, 4) is 5.75 Å². The smallest absolute Gasteiger partial charge is 0.223 e. The van der Waals surface area contributed by atoms with Crippen LogP contribution in [0.5, 0.6) is 5.75 Å². The molecule has 0 aromatic heterocycles. The summed E-state index contributed by atoms with van der Waals surface area (Å²) in [5.41, 5.74) is 1.15. The van der Waals surface area contributed by atoms with Crippen LogP contribution in [-0.4, -0.2) is 31.6 Å². The standard InChI is InChI=1S/C19H30N2O2/c1-13(2)17(12-15-7-5-6-8-18(15)23-4)21-19(22)16-9-10-20-14(3)11-16/h5-8,13-14,16-17,20H,9-12H2,1-4H3,(H,21,22)/t14-,16-,17?/m0/s1. The molecule has 2 rings (SSSR count). The summed E-state index contributed by atoms with van der Waals surface area (Å²) < 4.78 is 5.44. The van der Waals surface area contributed by atoms with Crippen molar-refractivity contribution in [1.29, 1.82) is 0 Å². The fourth-order valence-electron chi connectivity index (χ4n) is 3.23. The van der Waals surface area contributed by atoms with Crippen LogP contribution >= 0.6 is 0 Å². The molecule has 4 nitrogen and oxygen atoms in total. The van der Waals surface area contributed by atoms with Gasteiger partial charge in [-0.3, -0.25) is 4.79 Å². The van der Waals surface area contributed by atoms with Crippen molar-refractivity contribution in [1.82, 2.24) is 10.6 Å². The van der Waals surface area contributed by atoms with Crippen LogP contribution in [0.3, 0.4) is 0 Å². The summed E-state index contributed by atoms with van der Waals surface area (Å²) in [4.78, 5) is 12.6. The molecule has 0 aliphatic carbocycles. The van der Waals surface area contributed by atoms with Crippen LogP contribution in [0.1, 0.15) is 39.2 Å². The molecule has 0 saturated carbocycles. The highest BCUT2D eigenvalue weighted by molar-refractivity contribution is 5.79. The van der Waals surface area contributed by atoms with Crippen molar-refractivity contribution in [2.75, 3.05) is 13.7 Å². The zero-order valence-electron chi connectivity index (χ0n) is 14.8. The molecule has 1 amide bonds. The number of methoxy groups -OCH3 is 1. The highest BCUT2D eigenvalue weighted by atomic mass is 16.5. The molecule has 1 aliphatic heterocycles. The molecular formula is C19H30N2O2. The molecule has 0 spiro atoms. The van der Waals surface area contributed by atoms with E-state index in [2.05, 4.69) is 37.5 Å². The van der Waals surface area contributed by atoms with E-state index >= 15 is 0 Å². The summed E-state index contributed by atoms with van der Waals surface area (Å²) >= 11 is 0. The van der Waals surface area contributed by atoms with E-state index in [1.807, 2.05) is 18.2 Å². The topological polar surface area (TPSA) is 50.4 Å². The maximum absolute atomic E-state index is 12.6. The third-order valence-electron chi connectivity index (χ3n) is 4.76. The van der Waals surface area contributed by atoms with Gasteiger partial charge in [-0.1, -0.05) is 32.0 Å². The van der Waals surface area contributed by atoms with Crippen LogP contribution in [-0.2, 0) is 11.2 Å². The van der Waals surface area contributed by atoms with Crippen LogP contribution < -0.4 is 15.4 Å². The number of amides is 1. The second-order valence-electron chi connectivity index (χ2n) is 6.95. The zero-order chi connectivity index (χ0) is 16.8. The molecule has 3 atom stereocenters. The van der Waals surface area contributed by atoms with Crippen molar-refractivity contribution in [3.63, 3.8) is 0 Å². The number of rotatable bonds is 6. The van der Waals surface area contributed by atoms with Crippen LogP contribution in [0, 0.1) is 11.8 Å². The Morgan fingerprint density at radius 1 is 1.39 bits per heavy atom. The molecule has 0 radical (unpaired) electrons. The molecule has 1 aliphatic rings. The molecule has 2 N–H and O–H groups in total. The molecule has 0 bridgehead atoms. The van der Waals surface area contributed by atoms with Gasteiger partial charge in [-0.2, -0.15) is 0 Å². The van der Waals surface area contributed by atoms with E-state index in [0.717, 1.165) is 37.1 Å². The first kappa shape index (κ1) is 17.8. The minimum absolute atomic E-state index is 0.129.